The molecule has 2 aromatic rings. The van der Waals surface area contributed by atoms with Crippen LogP contribution in [0.1, 0.15) is 16.7 Å². The third-order valence-electron chi connectivity index (χ3n) is 3.13. The van der Waals surface area contributed by atoms with Crippen LogP contribution < -0.4 is 10.2 Å². The molecule has 1 N–H and O–H groups in total. The first-order valence-electron chi connectivity index (χ1n) is 7.32. The number of nitrogens with one attached hydrogen (secondary N) is 1. The molecule has 0 spiro atoms. The molecule has 0 aliphatic carbocycles. The van der Waals surface area contributed by atoms with E-state index in [9.17, 15) is 14.9 Å². The summed E-state index contributed by atoms with van der Waals surface area (Å²) in [4.78, 5) is 22.1. The summed E-state index contributed by atoms with van der Waals surface area (Å²) in [5.74, 6) is 0.183. The van der Waals surface area contributed by atoms with Gasteiger partial charge in [0, 0.05) is 11.6 Å². The third-order valence-corrected chi connectivity index (χ3v) is 3.81. The predicted octanol–water partition coefficient (Wildman–Crippen LogP) is 3.50. The van der Waals surface area contributed by atoms with Crippen LogP contribution in [0.25, 0.3) is 0 Å². The molecule has 2 rings (SSSR count). The SMILES string of the molecule is Cc1cc(C)cc(OCC(=O)N/N=C\c2ccc(Br)c([N+](=O)[O-])c2)c1. The van der Waals surface area contributed by atoms with Crippen LogP contribution in [0.2, 0.25) is 0 Å². The molecule has 1 amide bonds. The van der Waals surface area contributed by atoms with Crippen LogP contribution in [0, 0.1) is 24.0 Å². The zero-order chi connectivity index (χ0) is 18.4. The van der Waals surface area contributed by atoms with Gasteiger partial charge in [-0.25, -0.2) is 5.43 Å². The number of benzene rings is 2. The Labute approximate surface area is 153 Å². The van der Waals surface area contributed by atoms with E-state index in [1.54, 1.807) is 12.1 Å². The molecule has 0 saturated carbocycles. The number of nitrogens with zero attached hydrogens (tertiary/aromatic N) is 2. The fourth-order valence-electron chi connectivity index (χ4n) is 2.13. The van der Waals surface area contributed by atoms with Gasteiger partial charge in [0.05, 0.1) is 15.6 Å². The molecule has 8 heteroatoms. The Balaban J connectivity index is 1.90. The highest BCUT2D eigenvalue weighted by molar-refractivity contribution is 9.10. The fraction of sp³-hybridized carbons (Fsp3) is 0.176. The maximum Gasteiger partial charge on any atom is 0.284 e. The van der Waals surface area contributed by atoms with E-state index in [-0.39, 0.29) is 12.3 Å². The van der Waals surface area contributed by atoms with Gasteiger partial charge in [0.2, 0.25) is 0 Å². The van der Waals surface area contributed by atoms with E-state index in [2.05, 4.69) is 26.5 Å². The van der Waals surface area contributed by atoms with Crippen LogP contribution in [0.5, 0.6) is 5.75 Å². The Morgan fingerprint density at radius 1 is 1.28 bits per heavy atom. The number of nitro benzene ring substituents is 1. The summed E-state index contributed by atoms with van der Waals surface area (Å²) in [7, 11) is 0. The predicted molar refractivity (Wildman–Crippen MR) is 97.9 cm³/mol. The van der Waals surface area contributed by atoms with Crippen molar-refractivity contribution in [3.05, 3.63) is 67.7 Å². The summed E-state index contributed by atoms with van der Waals surface area (Å²) >= 11 is 3.10. The molecule has 0 bridgehead atoms. The quantitative estimate of drug-likeness (QED) is 0.451. The van der Waals surface area contributed by atoms with E-state index < -0.39 is 10.8 Å². The van der Waals surface area contributed by atoms with E-state index in [4.69, 9.17) is 4.74 Å². The normalized spacial score (nSPS) is 10.7. The number of carbonyl (C=O) groups is 1. The van der Waals surface area contributed by atoms with Gasteiger partial charge in [0.15, 0.2) is 6.61 Å². The number of carbonyl (C=O) groups excluding carboxylic acids is 1. The Hall–Kier alpha value is -2.74. The van der Waals surface area contributed by atoms with Gasteiger partial charge in [-0.2, -0.15) is 5.10 Å². The topological polar surface area (TPSA) is 93.8 Å². The maximum absolute atomic E-state index is 11.7. The molecule has 25 heavy (non-hydrogen) atoms. The summed E-state index contributed by atoms with van der Waals surface area (Å²) < 4.78 is 5.79. The summed E-state index contributed by atoms with van der Waals surface area (Å²) in [6, 6.07) is 10.2. The standard InChI is InChI=1S/C17H16BrN3O4/c1-11-5-12(2)7-14(6-11)25-10-17(22)20-19-9-13-3-4-15(18)16(8-13)21(23)24/h3-9H,10H2,1-2H3,(H,20,22)/b19-9-. The minimum Gasteiger partial charge on any atom is -0.484 e. The number of nitro groups is 1. The average molecular weight is 406 g/mol. The summed E-state index contributed by atoms with van der Waals surface area (Å²) in [5.41, 5.74) is 4.83. The number of rotatable bonds is 6. The Bertz CT molecular complexity index is 816. The molecule has 2 aromatic carbocycles. The third kappa shape index (κ3) is 5.68. The molecule has 0 aliphatic heterocycles. The van der Waals surface area contributed by atoms with Crippen LogP contribution in [0.3, 0.4) is 0 Å². The van der Waals surface area contributed by atoms with Crippen LogP contribution >= 0.6 is 15.9 Å². The number of hydrogen-bond acceptors (Lipinski definition) is 5. The zero-order valence-electron chi connectivity index (χ0n) is 13.7. The van der Waals surface area contributed by atoms with Gasteiger partial charge < -0.3 is 4.74 Å². The van der Waals surface area contributed by atoms with Crippen molar-refractivity contribution in [3.63, 3.8) is 0 Å². The van der Waals surface area contributed by atoms with Crippen molar-refractivity contribution in [2.45, 2.75) is 13.8 Å². The Kier molecular flexibility index (Phi) is 6.24. The first-order chi connectivity index (χ1) is 11.8. The van der Waals surface area contributed by atoms with E-state index in [0.29, 0.717) is 15.8 Å². The number of aryl methyl sites for hydroxylation is 2. The lowest BCUT2D eigenvalue weighted by atomic mass is 10.1. The lowest BCUT2D eigenvalue weighted by Gasteiger charge is -2.07. The molecule has 7 nitrogen and oxygen atoms in total. The smallest absolute Gasteiger partial charge is 0.284 e. The number of ether oxygens (including phenoxy) is 1. The second-order valence-electron chi connectivity index (χ2n) is 5.37. The average Bonchev–Trinajstić information content (AvgIpc) is 2.53. The van der Waals surface area contributed by atoms with Gasteiger partial charge in [-0.3, -0.25) is 14.9 Å². The van der Waals surface area contributed by atoms with Crippen molar-refractivity contribution in [1.29, 1.82) is 0 Å². The maximum atomic E-state index is 11.7. The van der Waals surface area contributed by atoms with Gasteiger partial charge in [0.25, 0.3) is 11.6 Å². The number of halogens is 1. The fourth-order valence-corrected chi connectivity index (χ4v) is 2.52. The first kappa shape index (κ1) is 18.6. The highest BCUT2D eigenvalue weighted by Crippen LogP contribution is 2.24. The molecule has 0 atom stereocenters. The minimum atomic E-state index is -0.502. The van der Waals surface area contributed by atoms with E-state index in [1.165, 1.54) is 12.3 Å². The minimum absolute atomic E-state index is 0.0755. The van der Waals surface area contributed by atoms with Crippen LogP contribution in [-0.2, 0) is 4.79 Å². The van der Waals surface area contributed by atoms with Gasteiger partial charge in [-0.15, -0.1) is 0 Å². The largest absolute Gasteiger partial charge is 0.484 e. The van der Waals surface area contributed by atoms with Gasteiger partial charge in [0.1, 0.15) is 5.75 Å². The van der Waals surface area contributed by atoms with Crippen LogP contribution in [-0.4, -0.2) is 23.7 Å². The molecule has 0 radical (unpaired) electrons. The van der Waals surface area contributed by atoms with E-state index in [0.717, 1.165) is 11.1 Å². The molecule has 0 saturated heterocycles. The zero-order valence-corrected chi connectivity index (χ0v) is 15.2. The van der Waals surface area contributed by atoms with Gasteiger partial charge in [-0.05, 0) is 59.1 Å². The number of amides is 1. The monoisotopic (exact) mass is 405 g/mol. The van der Waals surface area contributed by atoms with Gasteiger partial charge in [-0.1, -0.05) is 12.1 Å². The second kappa shape index (κ2) is 8.39. The number of hydrogen-bond donors (Lipinski definition) is 1. The van der Waals surface area contributed by atoms with Crippen molar-refractivity contribution in [3.8, 4) is 5.75 Å². The van der Waals surface area contributed by atoms with Crippen LogP contribution in [0.4, 0.5) is 5.69 Å². The van der Waals surface area contributed by atoms with Crippen molar-refractivity contribution >= 4 is 33.7 Å². The Morgan fingerprint density at radius 2 is 1.96 bits per heavy atom. The molecule has 0 aliphatic rings. The lowest BCUT2D eigenvalue weighted by Crippen LogP contribution is -2.24. The molecule has 0 fully saturated rings. The molecular weight excluding hydrogens is 390 g/mol. The lowest BCUT2D eigenvalue weighted by molar-refractivity contribution is -0.385. The van der Waals surface area contributed by atoms with Crippen molar-refractivity contribution in [2.24, 2.45) is 5.10 Å². The highest BCUT2D eigenvalue weighted by atomic mass is 79.9. The van der Waals surface area contributed by atoms with E-state index >= 15 is 0 Å². The summed E-state index contributed by atoms with van der Waals surface area (Å²) in [6.07, 6.45) is 1.33. The summed E-state index contributed by atoms with van der Waals surface area (Å²) in [5, 5.41) is 14.6. The summed E-state index contributed by atoms with van der Waals surface area (Å²) in [6.45, 7) is 3.71. The molecule has 0 aromatic heterocycles. The Morgan fingerprint density at radius 3 is 2.60 bits per heavy atom. The first-order valence-corrected chi connectivity index (χ1v) is 8.11. The van der Waals surface area contributed by atoms with Crippen molar-refractivity contribution in [1.82, 2.24) is 5.43 Å². The molecule has 130 valence electrons. The highest BCUT2D eigenvalue weighted by Gasteiger charge is 2.11. The van der Waals surface area contributed by atoms with Crippen LogP contribution in [0.15, 0.2) is 46.0 Å². The van der Waals surface area contributed by atoms with Crippen molar-refractivity contribution in [2.75, 3.05) is 6.61 Å². The molecule has 0 heterocycles. The van der Waals surface area contributed by atoms with Gasteiger partial charge >= 0.3 is 0 Å². The van der Waals surface area contributed by atoms with E-state index in [1.807, 2.05) is 32.0 Å². The second-order valence-corrected chi connectivity index (χ2v) is 6.23. The van der Waals surface area contributed by atoms with Crippen molar-refractivity contribution < 1.29 is 14.5 Å². The molecule has 0 unspecified atom stereocenters. The number of hydrazone groups is 1. The molecular formula is C17H16BrN3O4.